The Morgan fingerprint density at radius 1 is 1.04 bits per heavy atom. The monoisotopic (exact) mass is 667 g/mol. The molecule has 2 aliphatic rings. The number of alkyl halides is 3. The van der Waals surface area contributed by atoms with Crippen LogP contribution in [0.5, 0.6) is 0 Å². The number of aryl methyl sites for hydroxylation is 2. The molecular formula is C33H28F3N3O7S. The molecule has 1 fully saturated rings. The Hall–Kier alpha value is -4.98. The number of pyridine rings is 1. The second kappa shape index (κ2) is 12.3. The molecule has 10 nitrogen and oxygen atoms in total. The Balaban J connectivity index is 1.42. The van der Waals surface area contributed by atoms with Gasteiger partial charge >= 0.3 is 12.1 Å². The number of nitrogens with zero attached hydrogens (tertiary/aromatic N) is 2. The summed E-state index contributed by atoms with van der Waals surface area (Å²) in [5, 5.41) is 2.75. The summed E-state index contributed by atoms with van der Waals surface area (Å²) in [7, 11) is -3.58. The van der Waals surface area contributed by atoms with Gasteiger partial charge in [0.1, 0.15) is 11.6 Å². The van der Waals surface area contributed by atoms with Crippen molar-refractivity contribution in [2.24, 2.45) is 0 Å². The van der Waals surface area contributed by atoms with Crippen LogP contribution in [0, 0.1) is 0 Å². The normalized spacial score (nSPS) is 16.6. The van der Waals surface area contributed by atoms with E-state index in [-0.39, 0.29) is 59.8 Å². The van der Waals surface area contributed by atoms with E-state index in [0.717, 1.165) is 12.1 Å². The van der Waals surface area contributed by atoms with E-state index in [1.54, 1.807) is 31.2 Å². The van der Waals surface area contributed by atoms with Crippen molar-refractivity contribution in [1.82, 2.24) is 15.2 Å². The number of esters is 1. The van der Waals surface area contributed by atoms with Crippen LogP contribution in [0.4, 0.5) is 13.2 Å². The number of nitrogens with one attached hydrogen (secondary N) is 1. The zero-order valence-electron chi connectivity index (χ0n) is 25.0. The molecular weight excluding hydrogens is 639 g/mol. The molecule has 1 N–H and O–H groups in total. The van der Waals surface area contributed by atoms with Gasteiger partial charge in [0.05, 0.1) is 59.3 Å². The third-order valence-electron chi connectivity index (χ3n) is 8.06. The van der Waals surface area contributed by atoms with Crippen LogP contribution in [0.1, 0.15) is 72.3 Å². The number of halogens is 3. The quantitative estimate of drug-likeness (QED) is 0.243. The Morgan fingerprint density at radius 3 is 2.40 bits per heavy atom. The first-order valence-electron chi connectivity index (χ1n) is 14.7. The van der Waals surface area contributed by atoms with Gasteiger partial charge in [-0.15, -0.1) is 0 Å². The molecule has 0 bridgehead atoms. The maximum absolute atomic E-state index is 13.8. The van der Waals surface area contributed by atoms with Crippen LogP contribution in [0.25, 0.3) is 11.1 Å². The lowest BCUT2D eigenvalue weighted by Gasteiger charge is -2.18. The molecule has 4 heterocycles. The van der Waals surface area contributed by atoms with Crippen LogP contribution in [0.2, 0.25) is 0 Å². The predicted octanol–water partition coefficient (Wildman–Crippen LogP) is 5.14. The number of fused-ring (bicyclic) bond motifs is 3. The van der Waals surface area contributed by atoms with Crippen LogP contribution >= 0.6 is 0 Å². The molecule has 0 spiro atoms. The fourth-order valence-corrected chi connectivity index (χ4v) is 7.50. The fraction of sp³-hybridized carbons (Fsp3) is 0.273. The first-order chi connectivity index (χ1) is 22.4. The van der Waals surface area contributed by atoms with Crippen LogP contribution in [-0.2, 0) is 40.1 Å². The number of hydrogen-bond donors (Lipinski definition) is 1. The molecule has 47 heavy (non-hydrogen) atoms. The number of carbonyl (C=O) groups is 3. The van der Waals surface area contributed by atoms with Crippen molar-refractivity contribution in [1.29, 1.82) is 0 Å². The summed E-state index contributed by atoms with van der Waals surface area (Å²) in [6.07, 6.45) is -2.75. The topological polar surface area (TPSA) is 136 Å². The van der Waals surface area contributed by atoms with E-state index >= 15 is 0 Å². The number of benzene rings is 2. The van der Waals surface area contributed by atoms with Gasteiger partial charge in [0.25, 0.3) is 11.8 Å². The Kier molecular flexibility index (Phi) is 8.38. The molecule has 4 aromatic rings. The summed E-state index contributed by atoms with van der Waals surface area (Å²) < 4.78 is 75.0. The third kappa shape index (κ3) is 6.37. The predicted molar refractivity (Wildman–Crippen MR) is 162 cm³/mol. The van der Waals surface area contributed by atoms with Gasteiger partial charge in [-0.3, -0.25) is 14.6 Å². The molecule has 6 rings (SSSR count). The van der Waals surface area contributed by atoms with Gasteiger partial charge in [0.15, 0.2) is 9.84 Å². The SMILES string of the molecule is CCOC(=O)c1c(CCc2ccc(C(F)(F)F)cc2)nc2c(c1-c1ccc(C(=O)NCc3ccco3)cc1)C(=O)N1CS(=O)(=O)C[C@@H]21. The number of amides is 2. The number of aromatic nitrogens is 1. The van der Waals surface area contributed by atoms with E-state index in [9.17, 15) is 36.0 Å². The maximum Gasteiger partial charge on any atom is 0.416 e. The summed E-state index contributed by atoms with van der Waals surface area (Å²) in [6, 6.07) is 13.4. The lowest BCUT2D eigenvalue weighted by Crippen LogP contribution is -2.25. The minimum absolute atomic E-state index is 0.00339. The second-order valence-corrected chi connectivity index (χ2v) is 13.2. The highest BCUT2D eigenvalue weighted by Crippen LogP contribution is 2.45. The van der Waals surface area contributed by atoms with Crippen molar-refractivity contribution in [3.05, 3.63) is 112 Å². The lowest BCUT2D eigenvalue weighted by molar-refractivity contribution is -0.137. The summed E-state index contributed by atoms with van der Waals surface area (Å²) in [5.41, 5.74) is 1.08. The van der Waals surface area contributed by atoms with Gasteiger partial charge in [-0.25, -0.2) is 13.2 Å². The minimum Gasteiger partial charge on any atom is -0.467 e. The second-order valence-electron chi connectivity index (χ2n) is 11.2. The van der Waals surface area contributed by atoms with Crippen molar-refractivity contribution < 1.29 is 45.1 Å². The number of rotatable bonds is 9. The molecule has 0 unspecified atom stereocenters. The maximum atomic E-state index is 13.8. The van der Waals surface area contributed by atoms with E-state index in [4.69, 9.17) is 9.15 Å². The van der Waals surface area contributed by atoms with Crippen LogP contribution in [0.3, 0.4) is 0 Å². The lowest BCUT2D eigenvalue weighted by atomic mass is 9.90. The molecule has 0 radical (unpaired) electrons. The molecule has 2 aromatic heterocycles. The number of sulfone groups is 1. The van der Waals surface area contributed by atoms with Gasteiger partial charge in [-0.1, -0.05) is 24.3 Å². The van der Waals surface area contributed by atoms with Crippen molar-refractivity contribution in [2.45, 2.75) is 38.5 Å². The number of furan rings is 1. The average Bonchev–Trinajstić information content (AvgIpc) is 3.74. The summed E-state index contributed by atoms with van der Waals surface area (Å²) in [5.74, 6) is -2.05. The standard InChI is InChI=1S/C33H28F3N3O7S/c1-2-45-32(42)27-24(14-7-19-5-12-22(13-6-19)33(34,35)36)38-29-25-17-47(43,44)18-39(25)31(41)28(29)26(27)20-8-10-21(11-9-20)30(40)37-16-23-4-3-15-46-23/h3-6,8-13,15,25H,2,7,14,16-18H2,1H3,(H,37,40)/t25-/m0/s1. The largest absolute Gasteiger partial charge is 0.467 e. The Labute approximate surface area is 267 Å². The molecule has 1 saturated heterocycles. The molecule has 244 valence electrons. The first-order valence-corrected chi connectivity index (χ1v) is 16.5. The van der Waals surface area contributed by atoms with Gasteiger partial charge in [0, 0.05) is 11.1 Å². The highest BCUT2D eigenvalue weighted by molar-refractivity contribution is 7.91. The van der Waals surface area contributed by atoms with Crippen molar-refractivity contribution in [3.63, 3.8) is 0 Å². The molecule has 0 saturated carbocycles. The zero-order valence-corrected chi connectivity index (χ0v) is 25.8. The van der Waals surface area contributed by atoms with Crippen molar-refractivity contribution in [2.75, 3.05) is 18.2 Å². The fourth-order valence-electron chi connectivity index (χ4n) is 5.85. The van der Waals surface area contributed by atoms with Crippen LogP contribution in [-0.4, -0.2) is 54.3 Å². The van der Waals surface area contributed by atoms with Crippen LogP contribution in [0.15, 0.2) is 71.3 Å². The van der Waals surface area contributed by atoms with Crippen molar-refractivity contribution >= 4 is 27.6 Å². The molecule has 14 heteroatoms. The summed E-state index contributed by atoms with van der Waals surface area (Å²) >= 11 is 0. The van der Waals surface area contributed by atoms with Gasteiger partial charge in [0.2, 0.25) is 0 Å². The minimum atomic E-state index is -4.50. The van der Waals surface area contributed by atoms with Gasteiger partial charge < -0.3 is 19.4 Å². The molecule has 1 atom stereocenters. The number of ether oxygens (including phenoxy) is 1. The van der Waals surface area contributed by atoms with Crippen LogP contribution < -0.4 is 5.32 Å². The number of carbonyl (C=O) groups excluding carboxylic acids is 3. The summed E-state index contributed by atoms with van der Waals surface area (Å²) in [6.45, 7) is 1.78. The van der Waals surface area contributed by atoms with E-state index in [2.05, 4.69) is 10.3 Å². The highest BCUT2D eigenvalue weighted by atomic mass is 32.2. The Morgan fingerprint density at radius 2 is 1.77 bits per heavy atom. The number of hydrogen-bond acceptors (Lipinski definition) is 8. The first kappa shape index (κ1) is 32.0. The summed E-state index contributed by atoms with van der Waals surface area (Å²) in [4.78, 5) is 46.1. The Bertz CT molecular complexity index is 1960. The van der Waals surface area contributed by atoms with E-state index in [1.807, 2.05) is 0 Å². The van der Waals surface area contributed by atoms with Crippen molar-refractivity contribution in [3.8, 4) is 11.1 Å². The molecule has 2 aliphatic heterocycles. The zero-order chi connectivity index (χ0) is 33.5. The van der Waals surface area contributed by atoms with Gasteiger partial charge in [-0.2, -0.15) is 13.2 Å². The van der Waals surface area contributed by atoms with E-state index in [0.29, 0.717) is 22.5 Å². The van der Waals surface area contributed by atoms with E-state index in [1.165, 1.54) is 35.4 Å². The molecule has 2 aromatic carbocycles. The third-order valence-corrected chi connectivity index (χ3v) is 9.56. The van der Waals surface area contributed by atoms with E-state index < -0.39 is 51.3 Å². The highest BCUT2D eigenvalue weighted by Gasteiger charge is 2.49. The average molecular weight is 668 g/mol. The smallest absolute Gasteiger partial charge is 0.416 e. The van der Waals surface area contributed by atoms with Gasteiger partial charge in [-0.05, 0) is 67.3 Å². The molecule has 2 amide bonds. The molecule has 0 aliphatic carbocycles.